The van der Waals surface area contributed by atoms with Crippen molar-refractivity contribution in [3.63, 3.8) is 0 Å². The number of aromatic nitrogens is 4. The lowest BCUT2D eigenvalue weighted by Gasteiger charge is -2.15. The highest BCUT2D eigenvalue weighted by molar-refractivity contribution is 7.17. The van der Waals surface area contributed by atoms with Crippen LogP contribution in [-0.2, 0) is 11.3 Å². The number of esters is 1. The Kier molecular flexibility index (Phi) is 6.65. The van der Waals surface area contributed by atoms with Crippen LogP contribution in [0, 0.1) is 0 Å². The van der Waals surface area contributed by atoms with Gasteiger partial charge < -0.3 is 9.47 Å². The van der Waals surface area contributed by atoms with Crippen molar-refractivity contribution < 1.29 is 14.3 Å². The summed E-state index contributed by atoms with van der Waals surface area (Å²) in [5, 5.41) is 6.36. The third kappa shape index (κ3) is 4.29. The van der Waals surface area contributed by atoms with Gasteiger partial charge in [-0.3, -0.25) is 9.36 Å². The summed E-state index contributed by atoms with van der Waals surface area (Å²) in [5.74, 6) is -0.0524. The number of carbonyl (C=O) groups is 1. The third-order valence-electron chi connectivity index (χ3n) is 4.91. The molecule has 3 heterocycles. The first-order valence-electron chi connectivity index (χ1n) is 10.5. The number of pyridine rings is 1. The van der Waals surface area contributed by atoms with Crippen LogP contribution in [0.25, 0.3) is 15.9 Å². The maximum Gasteiger partial charge on any atom is 0.343 e. The number of fused-ring (bicyclic) bond motifs is 1. The van der Waals surface area contributed by atoms with E-state index in [9.17, 15) is 9.59 Å². The molecular formula is C23H24N4O4S. The molecule has 0 atom stereocenters. The van der Waals surface area contributed by atoms with Gasteiger partial charge in [0.2, 0.25) is 5.75 Å². The van der Waals surface area contributed by atoms with Gasteiger partial charge in [0.15, 0.2) is 5.82 Å². The third-order valence-corrected chi connectivity index (χ3v) is 5.83. The maximum atomic E-state index is 13.5. The van der Waals surface area contributed by atoms with Crippen LogP contribution in [0.15, 0.2) is 52.9 Å². The van der Waals surface area contributed by atoms with Crippen molar-refractivity contribution in [2.45, 2.75) is 33.2 Å². The Hall–Kier alpha value is -3.46. The largest absolute Gasteiger partial charge is 0.487 e. The predicted molar refractivity (Wildman–Crippen MR) is 123 cm³/mol. The second kappa shape index (κ2) is 9.78. The SMILES string of the molecule is CCCCOc1c(C(=O)OCC)c2sccc2n(Cc2ncn(-c3ccccc3)n2)c1=O. The van der Waals surface area contributed by atoms with Crippen molar-refractivity contribution in [1.82, 2.24) is 19.3 Å². The normalized spacial score (nSPS) is 11.1. The Balaban J connectivity index is 1.78. The van der Waals surface area contributed by atoms with Crippen LogP contribution < -0.4 is 10.3 Å². The lowest BCUT2D eigenvalue weighted by atomic mass is 10.2. The molecule has 0 N–H and O–H groups in total. The minimum Gasteiger partial charge on any atom is -0.487 e. The van der Waals surface area contributed by atoms with E-state index in [0.717, 1.165) is 18.5 Å². The number of carbonyl (C=O) groups excluding carboxylic acids is 1. The molecule has 1 aromatic carbocycles. The summed E-state index contributed by atoms with van der Waals surface area (Å²) >= 11 is 1.37. The Labute approximate surface area is 189 Å². The van der Waals surface area contributed by atoms with Gasteiger partial charge in [-0.1, -0.05) is 31.5 Å². The summed E-state index contributed by atoms with van der Waals surface area (Å²) in [5.41, 5.74) is 1.30. The number of nitrogens with zero attached hydrogens (tertiary/aromatic N) is 4. The van der Waals surface area contributed by atoms with Crippen molar-refractivity contribution in [2.24, 2.45) is 0 Å². The zero-order valence-electron chi connectivity index (χ0n) is 18.0. The van der Waals surface area contributed by atoms with Gasteiger partial charge in [0.25, 0.3) is 5.56 Å². The Morgan fingerprint density at radius 2 is 1.97 bits per heavy atom. The number of hydrogen-bond acceptors (Lipinski definition) is 7. The molecule has 0 spiro atoms. The fourth-order valence-corrected chi connectivity index (χ4v) is 4.28. The summed E-state index contributed by atoms with van der Waals surface area (Å²) in [4.78, 5) is 30.6. The molecule has 4 aromatic rings. The van der Waals surface area contributed by atoms with Crippen molar-refractivity contribution in [2.75, 3.05) is 13.2 Å². The van der Waals surface area contributed by atoms with Gasteiger partial charge in [-0.2, -0.15) is 0 Å². The molecule has 0 saturated carbocycles. The van der Waals surface area contributed by atoms with Gasteiger partial charge in [0.1, 0.15) is 11.9 Å². The van der Waals surface area contributed by atoms with Gasteiger partial charge >= 0.3 is 5.97 Å². The monoisotopic (exact) mass is 452 g/mol. The molecular weight excluding hydrogens is 428 g/mol. The molecule has 0 amide bonds. The standard InChI is InChI=1S/C23H24N4O4S/c1-3-5-12-31-20-19(23(29)30-4-2)21-17(11-13-32-21)26(22(20)28)14-18-24-15-27(25-18)16-9-7-6-8-10-16/h6-11,13,15H,3-5,12,14H2,1-2H3. The van der Waals surface area contributed by atoms with E-state index >= 15 is 0 Å². The molecule has 4 rings (SSSR count). The molecule has 0 unspecified atom stereocenters. The molecule has 32 heavy (non-hydrogen) atoms. The molecule has 0 fully saturated rings. The highest BCUT2D eigenvalue weighted by Crippen LogP contribution is 2.30. The van der Waals surface area contributed by atoms with Crippen LogP contribution in [0.5, 0.6) is 5.75 Å². The quantitative estimate of drug-likeness (QED) is 0.281. The molecule has 166 valence electrons. The van der Waals surface area contributed by atoms with E-state index in [-0.39, 0.29) is 24.5 Å². The van der Waals surface area contributed by atoms with E-state index in [4.69, 9.17) is 9.47 Å². The molecule has 0 bridgehead atoms. The fraction of sp³-hybridized carbons (Fsp3) is 0.304. The fourth-order valence-electron chi connectivity index (χ4n) is 3.36. The highest BCUT2D eigenvalue weighted by atomic mass is 32.1. The number of para-hydroxylation sites is 1. The predicted octanol–water partition coefficient (Wildman–Crippen LogP) is 4.05. The first-order chi connectivity index (χ1) is 15.6. The zero-order chi connectivity index (χ0) is 22.5. The summed E-state index contributed by atoms with van der Waals surface area (Å²) in [6.07, 6.45) is 3.30. The van der Waals surface area contributed by atoms with Crippen molar-refractivity contribution >= 4 is 27.5 Å². The second-order valence-electron chi connectivity index (χ2n) is 7.09. The van der Waals surface area contributed by atoms with E-state index in [1.165, 1.54) is 11.3 Å². The minimum atomic E-state index is -0.554. The maximum absolute atomic E-state index is 13.5. The van der Waals surface area contributed by atoms with E-state index in [0.29, 0.717) is 22.6 Å². The van der Waals surface area contributed by atoms with Crippen LogP contribution in [0.4, 0.5) is 0 Å². The number of ether oxygens (including phenoxy) is 2. The van der Waals surface area contributed by atoms with Crippen molar-refractivity contribution in [3.8, 4) is 11.4 Å². The van der Waals surface area contributed by atoms with Crippen LogP contribution in [0.2, 0.25) is 0 Å². The Morgan fingerprint density at radius 3 is 2.72 bits per heavy atom. The average Bonchev–Trinajstić information content (AvgIpc) is 3.47. The highest BCUT2D eigenvalue weighted by Gasteiger charge is 2.26. The average molecular weight is 453 g/mol. The first-order valence-corrected chi connectivity index (χ1v) is 11.4. The van der Waals surface area contributed by atoms with Gasteiger partial charge in [-0.15, -0.1) is 16.4 Å². The molecule has 0 aliphatic carbocycles. The number of thiophene rings is 1. The van der Waals surface area contributed by atoms with E-state index < -0.39 is 11.5 Å². The minimum absolute atomic E-state index is 0.0225. The van der Waals surface area contributed by atoms with Crippen molar-refractivity contribution in [3.05, 3.63) is 69.8 Å². The number of rotatable bonds is 9. The van der Waals surface area contributed by atoms with E-state index in [1.807, 2.05) is 48.7 Å². The van der Waals surface area contributed by atoms with Gasteiger partial charge in [-0.05, 0) is 36.9 Å². The lowest BCUT2D eigenvalue weighted by Crippen LogP contribution is -2.26. The molecule has 0 saturated heterocycles. The van der Waals surface area contributed by atoms with E-state index in [2.05, 4.69) is 10.1 Å². The molecule has 8 nitrogen and oxygen atoms in total. The molecule has 0 aliphatic rings. The second-order valence-corrected chi connectivity index (χ2v) is 8.01. The molecule has 0 radical (unpaired) electrons. The van der Waals surface area contributed by atoms with Gasteiger partial charge in [0.05, 0.1) is 35.7 Å². The summed E-state index contributed by atoms with van der Waals surface area (Å²) < 4.78 is 14.9. The summed E-state index contributed by atoms with van der Waals surface area (Å²) in [6, 6.07) is 11.4. The summed E-state index contributed by atoms with van der Waals surface area (Å²) in [6.45, 7) is 4.47. The Morgan fingerprint density at radius 1 is 1.16 bits per heavy atom. The van der Waals surface area contributed by atoms with Gasteiger partial charge in [0, 0.05) is 0 Å². The smallest absolute Gasteiger partial charge is 0.343 e. The number of benzene rings is 1. The zero-order valence-corrected chi connectivity index (χ0v) is 18.8. The summed E-state index contributed by atoms with van der Waals surface area (Å²) in [7, 11) is 0. The topological polar surface area (TPSA) is 88.2 Å². The molecule has 3 aromatic heterocycles. The lowest BCUT2D eigenvalue weighted by molar-refractivity contribution is 0.0523. The van der Waals surface area contributed by atoms with Crippen LogP contribution in [0.3, 0.4) is 0 Å². The van der Waals surface area contributed by atoms with Crippen molar-refractivity contribution in [1.29, 1.82) is 0 Å². The first kappa shape index (κ1) is 21.8. The Bertz CT molecular complexity index is 1280. The van der Waals surface area contributed by atoms with Crippen LogP contribution in [-0.4, -0.2) is 38.5 Å². The van der Waals surface area contributed by atoms with Crippen LogP contribution in [0.1, 0.15) is 42.9 Å². The molecule has 9 heteroatoms. The molecule has 0 aliphatic heterocycles. The number of unbranched alkanes of at least 4 members (excludes halogenated alkanes) is 1. The number of hydrogen-bond donors (Lipinski definition) is 0. The van der Waals surface area contributed by atoms with Crippen LogP contribution >= 0.6 is 11.3 Å². The van der Waals surface area contributed by atoms with E-state index in [1.54, 1.807) is 22.5 Å². The van der Waals surface area contributed by atoms with Gasteiger partial charge in [-0.25, -0.2) is 14.5 Å².